The third-order valence-corrected chi connectivity index (χ3v) is 3.78. The van der Waals surface area contributed by atoms with Crippen LogP contribution in [0.4, 0.5) is 0 Å². The van der Waals surface area contributed by atoms with E-state index in [4.69, 9.17) is 16.3 Å². The van der Waals surface area contributed by atoms with Crippen LogP contribution in [0.15, 0.2) is 24.3 Å². The van der Waals surface area contributed by atoms with Gasteiger partial charge in [-0.3, -0.25) is 4.79 Å². The number of rotatable bonds is 5. The summed E-state index contributed by atoms with van der Waals surface area (Å²) in [7, 11) is 0. The predicted octanol–water partition coefficient (Wildman–Crippen LogP) is 1.88. The lowest BCUT2D eigenvalue weighted by Crippen LogP contribution is -2.48. The lowest BCUT2D eigenvalue weighted by Gasteiger charge is -2.28. The molecule has 1 amide bonds. The van der Waals surface area contributed by atoms with Crippen LogP contribution in [0.5, 0.6) is 0 Å². The largest absolute Gasteiger partial charge is 0.480 e. The van der Waals surface area contributed by atoms with E-state index in [9.17, 15) is 14.7 Å². The van der Waals surface area contributed by atoms with Gasteiger partial charge in [-0.1, -0.05) is 23.7 Å². The smallest absolute Gasteiger partial charge is 0.326 e. The van der Waals surface area contributed by atoms with Crippen molar-refractivity contribution in [3.8, 4) is 0 Å². The fourth-order valence-electron chi connectivity index (χ4n) is 2.42. The fraction of sp³-hybridized carbons (Fsp3) is 0.467. The van der Waals surface area contributed by atoms with Gasteiger partial charge in [-0.2, -0.15) is 0 Å². The third-order valence-electron chi connectivity index (χ3n) is 3.53. The van der Waals surface area contributed by atoms with E-state index in [2.05, 4.69) is 5.32 Å². The Morgan fingerprint density at radius 3 is 2.67 bits per heavy atom. The van der Waals surface area contributed by atoms with Crippen LogP contribution in [0.2, 0.25) is 5.02 Å². The number of aliphatic carboxylic acids is 1. The zero-order valence-electron chi connectivity index (χ0n) is 11.5. The second-order valence-electron chi connectivity index (χ2n) is 5.16. The number of hydrogen-bond donors (Lipinski definition) is 2. The summed E-state index contributed by atoms with van der Waals surface area (Å²) in [5, 5.41) is 12.5. The van der Waals surface area contributed by atoms with Crippen LogP contribution >= 0.6 is 11.6 Å². The Hall–Kier alpha value is -1.59. The van der Waals surface area contributed by atoms with Crippen LogP contribution in [0.1, 0.15) is 18.4 Å². The molecule has 1 heterocycles. The molecule has 1 aromatic rings. The number of halogens is 1. The van der Waals surface area contributed by atoms with E-state index in [0.717, 1.165) is 18.4 Å². The maximum atomic E-state index is 12.0. The number of nitrogens with one attached hydrogen (secondary N) is 1. The first-order valence-corrected chi connectivity index (χ1v) is 7.28. The molecule has 21 heavy (non-hydrogen) atoms. The van der Waals surface area contributed by atoms with Crippen LogP contribution in [0.3, 0.4) is 0 Å². The van der Waals surface area contributed by atoms with Gasteiger partial charge in [0.25, 0.3) is 0 Å². The molecule has 0 bridgehead atoms. The summed E-state index contributed by atoms with van der Waals surface area (Å²) in [6.07, 6.45) is 1.70. The van der Waals surface area contributed by atoms with E-state index in [1.165, 1.54) is 0 Å². The molecule has 0 saturated carbocycles. The highest BCUT2D eigenvalue weighted by atomic mass is 35.5. The molecule has 2 N–H and O–H groups in total. The highest BCUT2D eigenvalue weighted by molar-refractivity contribution is 6.30. The minimum atomic E-state index is -1.02. The van der Waals surface area contributed by atoms with Crippen molar-refractivity contribution in [2.45, 2.75) is 25.3 Å². The van der Waals surface area contributed by atoms with Gasteiger partial charge in [0.1, 0.15) is 6.04 Å². The van der Waals surface area contributed by atoms with E-state index in [1.54, 1.807) is 24.3 Å². The molecule has 1 fully saturated rings. The molecule has 2 atom stereocenters. The summed E-state index contributed by atoms with van der Waals surface area (Å²) in [6.45, 7) is 1.03. The number of carboxylic acid groups (broad SMARTS) is 1. The molecule has 1 saturated heterocycles. The molecule has 0 aliphatic carbocycles. The first-order valence-electron chi connectivity index (χ1n) is 6.90. The van der Waals surface area contributed by atoms with Gasteiger partial charge in [-0.25, -0.2) is 4.79 Å². The Morgan fingerprint density at radius 1 is 1.38 bits per heavy atom. The normalized spacial score (nSPS) is 19.8. The van der Waals surface area contributed by atoms with E-state index in [1.807, 2.05) is 0 Å². The van der Waals surface area contributed by atoms with E-state index >= 15 is 0 Å². The van der Waals surface area contributed by atoms with Crippen LogP contribution in [0, 0.1) is 5.92 Å². The molecule has 114 valence electrons. The Bertz CT molecular complexity index is 497. The zero-order valence-corrected chi connectivity index (χ0v) is 12.3. The van der Waals surface area contributed by atoms with Gasteiger partial charge in [0, 0.05) is 17.5 Å². The number of hydrogen-bond acceptors (Lipinski definition) is 3. The molecule has 0 aromatic heterocycles. The molecule has 5 nitrogen and oxygen atoms in total. The van der Waals surface area contributed by atoms with Crippen molar-refractivity contribution in [2.75, 3.05) is 13.2 Å². The molecule has 1 aliphatic heterocycles. The molecular weight excluding hydrogens is 294 g/mol. The fourth-order valence-corrected chi connectivity index (χ4v) is 2.55. The first-order chi connectivity index (χ1) is 10.1. The summed E-state index contributed by atoms with van der Waals surface area (Å²) in [4.78, 5) is 23.4. The van der Waals surface area contributed by atoms with Crippen molar-refractivity contribution < 1.29 is 19.4 Å². The van der Waals surface area contributed by atoms with Gasteiger partial charge in [0.05, 0.1) is 13.0 Å². The number of carboxylic acids is 1. The topological polar surface area (TPSA) is 75.6 Å². The summed E-state index contributed by atoms with van der Waals surface area (Å²) in [5.41, 5.74) is 0.793. The Morgan fingerprint density at radius 2 is 2.10 bits per heavy atom. The van der Waals surface area contributed by atoms with E-state index in [0.29, 0.717) is 18.2 Å². The maximum absolute atomic E-state index is 12.0. The van der Waals surface area contributed by atoms with Gasteiger partial charge < -0.3 is 15.2 Å². The second-order valence-corrected chi connectivity index (χ2v) is 5.60. The summed E-state index contributed by atoms with van der Waals surface area (Å²) in [5.74, 6) is -1.50. The lowest BCUT2D eigenvalue weighted by atomic mass is 9.93. The van der Waals surface area contributed by atoms with Crippen LogP contribution in [0.25, 0.3) is 0 Å². The summed E-state index contributed by atoms with van der Waals surface area (Å²) < 4.78 is 5.30. The van der Waals surface area contributed by atoms with Crippen molar-refractivity contribution in [2.24, 2.45) is 5.92 Å². The molecule has 2 rings (SSSR count). The van der Waals surface area contributed by atoms with Gasteiger partial charge in [-0.05, 0) is 30.5 Å². The molecule has 1 aromatic carbocycles. The van der Waals surface area contributed by atoms with Crippen LogP contribution in [-0.2, 0) is 20.7 Å². The summed E-state index contributed by atoms with van der Waals surface area (Å²) >= 11 is 5.78. The standard InChI is InChI=1S/C15H18ClNO4/c16-12-5-3-10(4-6-12)8-13(18)17-14(15(19)20)11-2-1-7-21-9-11/h3-6,11,14H,1-2,7-9H2,(H,17,18)(H,19,20). The number of carbonyl (C=O) groups excluding carboxylic acids is 1. The Balaban J connectivity index is 1.94. The molecule has 1 aliphatic rings. The quantitative estimate of drug-likeness (QED) is 0.870. The van der Waals surface area contributed by atoms with Gasteiger partial charge in [0.15, 0.2) is 0 Å². The lowest BCUT2D eigenvalue weighted by molar-refractivity contribution is -0.145. The average molecular weight is 312 g/mol. The minimum absolute atomic E-state index is 0.133. The SMILES string of the molecule is O=C(Cc1ccc(Cl)cc1)NC(C(=O)O)C1CCCOC1. The van der Waals surface area contributed by atoms with Crippen molar-refractivity contribution in [3.63, 3.8) is 0 Å². The van der Waals surface area contributed by atoms with E-state index < -0.39 is 12.0 Å². The molecule has 6 heteroatoms. The number of carbonyl (C=O) groups is 2. The van der Waals surface area contributed by atoms with E-state index in [-0.39, 0.29) is 18.2 Å². The zero-order chi connectivity index (χ0) is 15.2. The first kappa shape index (κ1) is 15.8. The van der Waals surface area contributed by atoms with Crippen LogP contribution in [-0.4, -0.2) is 36.2 Å². The van der Waals surface area contributed by atoms with Crippen molar-refractivity contribution >= 4 is 23.5 Å². The monoisotopic (exact) mass is 311 g/mol. The maximum Gasteiger partial charge on any atom is 0.326 e. The third kappa shape index (κ3) is 4.72. The molecule has 2 unspecified atom stereocenters. The number of ether oxygens (including phenoxy) is 1. The second kappa shape index (κ2) is 7.43. The minimum Gasteiger partial charge on any atom is -0.480 e. The van der Waals surface area contributed by atoms with Gasteiger partial charge in [0.2, 0.25) is 5.91 Å². The van der Waals surface area contributed by atoms with Crippen molar-refractivity contribution in [1.82, 2.24) is 5.32 Å². The van der Waals surface area contributed by atoms with Gasteiger partial charge in [-0.15, -0.1) is 0 Å². The number of amides is 1. The highest BCUT2D eigenvalue weighted by Crippen LogP contribution is 2.18. The van der Waals surface area contributed by atoms with Crippen molar-refractivity contribution in [3.05, 3.63) is 34.9 Å². The molecule has 0 spiro atoms. The Kier molecular flexibility index (Phi) is 5.59. The Labute approximate surface area is 128 Å². The number of benzene rings is 1. The average Bonchev–Trinajstić information content (AvgIpc) is 2.48. The molecular formula is C15H18ClNO4. The molecule has 0 radical (unpaired) electrons. The van der Waals surface area contributed by atoms with Crippen LogP contribution < -0.4 is 5.32 Å². The van der Waals surface area contributed by atoms with Gasteiger partial charge >= 0.3 is 5.97 Å². The van der Waals surface area contributed by atoms with Crippen molar-refractivity contribution in [1.29, 1.82) is 0 Å². The highest BCUT2D eigenvalue weighted by Gasteiger charge is 2.31. The summed E-state index contributed by atoms with van der Waals surface area (Å²) in [6, 6.07) is 6.01. The predicted molar refractivity (Wildman–Crippen MR) is 78.3 cm³/mol.